The molecule has 0 aliphatic carbocycles. The fraction of sp³-hybridized carbons (Fsp3) is 0.455. The number of fused-ring (bicyclic) bond motifs is 1. The maximum Gasteiger partial charge on any atom is 0.247 e. The van der Waals surface area contributed by atoms with Crippen LogP contribution in [0.2, 0.25) is 0 Å². The first kappa shape index (κ1) is 13.4. The molecule has 4 N–H and O–H groups in total. The van der Waals surface area contributed by atoms with E-state index in [0.29, 0.717) is 0 Å². The fourth-order valence-electron chi connectivity index (χ4n) is 1.94. The summed E-state index contributed by atoms with van der Waals surface area (Å²) in [6, 6.07) is 8.75. The van der Waals surface area contributed by atoms with Crippen LogP contribution in [0, 0.1) is 0 Å². The first-order valence-corrected chi connectivity index (χ1v) is 6.72. The van der Waals surface area contributed by atoms with E-state index in [0.717, 1.165) is 6.54 Å². The molecule has 0 amide bonds. The second kappa shape index (κ2) is 6.81. The number of nitrogens with two attached hydrogens (primary N) is 1. The van der Waals surface area contributed by atoms with Crippen LogP contribution in [0.1, 0.15) is 18.9 Å². The average Bonchev–Trinajstić information content (AvgIpc) is 2.27. The van der Waals surface area contributed by atoms with Crippen LogP contribution in [0.5, 0.6) is 0 Å². The maximum atomic E-state index is 7.45. The molecule has 16 heavy (non-hydrogen) atoms. The third-order valence-corrected chi connectivity index (χ3v) is 2.59. The van der Waals surface area contributed by atoms with E-state index in [-0.39, 0.29) is 0 Å². The van der Waals surface area contributed by atoms with Crippen molar-refractivity contribution in [3.8, 4) is 0 Å². The Morgan fingerprint density at radius 1 is 1.38 bits per heavy atom. The zero-order valence-corrected chi connectivity index (χ0v) is 10.4. The van der Waals surface area contributed by atoms with Gasteiger partial charge in [-0.15, -0.1) is 0 Å². The first-order chi connectivity index (χ1) is 7.65. The number of hydrogen-bond acceptors (Lipinski definition) is 4. The topological polar surface area (TPSA) is 69.7 Å². The molecule has 5 heteroatoms. The van der Waals surface area contributed by atoms with Crippen LogP contribution < -0.4 is 10.4 Å². The largest absolute Gasteiger partial charge is 0.372 e. The Hall–Kier alpha value is -0.670. The van der Waals surface area contributed by atoms with Gasteiger partial charge in [-0.2, -0.15) is 0 Å². The molecule has 0 bridgehead atoms. The number of aryl methyl sites for hydroxylation is 1. The number of benzene rings is 1. The maximum absolute atomic E-state index is 7.45. The Balaban J connectivity index is 0.000000280. The molecular formula is C11H19N2O2P. The number of hydrogen-bond donors (Lipinski definition) is 3. The molecule has 0 radical (unpaired) electrons. The van der Waals surface area contributed by atoms with Crippen LogP contribution in [0.15, 0.2) is 24.3 Å². The molecule has 90 valence electrons. The Labute approximate surface area is 97.7 Å². The van der Waals surface area contributed by atoms with Crippen molar-refractivity contribution >= 4 is 14.2 Å². The molecule has 0 unspecified atom stereocenters. The lowest BCUT2D eigenvalue weighted by molar-refractivity contribution is 0.485. The summed E-state index contributed by atoms with van der Waals surface area (Å²) in [7, 11) is -2.12. The molecule has 1 aliphatic rings. The van der Waals surface area contributed by atoms with Crippen molar-refractivity contribution in [2.24, 2.45) is 5.50 Å². The van der Waals surface area contributed by atoms with Crippen LogP contribution in [0.3, 0.4) is 0 Å². The summed E-state index contributed by atoms with van der Waals surface area (Å²) in [5.74, 6) is 0. The number of nitrogens with zero attached hydrogens (tertiary/aromatic N) is 1. The van der Waals surface area contributed by atoms with Gasteiger partial charge in [0.05, 0.1) is 0 Å². The minimum atomic E-state index is -2.12. The van der Waals surface area contributed by atoms with E-state index in [9.17, 15) is 0 Å². The van der Waals surface area contributed by atoms with Crippen molar-refractivity contribution in [2.75, 3.05) is 18.0 Å². The van der Waals surface area contributed by atoms with Gasteiger partial charge in [-0.25, -0.2) is 0 Å². The lowest BCUT2D eigenvalue weighted by Gasteiger charge is -2.29. The molecule has 1 aromatic carbocycles. The second-order valence-electron chi connectivity index (χ2n) is 3.63. The second-order valence-corrected chi connectivity index (χ2v) is 4.27. The predicted molar refractivity (Wildman–Crippen MR) is 68.2 cm³/mol. The summed E-state index contributed by atoms with van der Waals surface area (Å²) in [6.07, 6.45) is 2.57. The summed E-state index contributed by atoms with van der Waals surface area (Å²) in [6.45, 7) is 4.59. The van der Waals surface area contributed by atoms with E-state index in [1.807, 2.05) is 0 Å². The van der Waals surface area contributed by atoms with Crippen molar-refractivity contribution in [3.05, 3.63) is 29.8 Å². The lowest BCUT2D eigenvalue weighted by Crippen LogP contribution is -2.28. The van der Waals surface area contributed by atoms with Crippen molar-refractivity contribution in [1.82, 2.24) is 0 Å². The normalized spacial score (nSPS) is 14.2. The fourth-order valence-corrected chi connectivity index (χ4v) is 1.94. The summed E-state index contributed by atoms with van der Waals surface area (Å²) < 4.78 is 0. The predicted octanol–water partition coefficient (Wildman–Crippen LogP) is 1.62. The molecule has 0 aromatic heterocycles. The van der Waals surface area contributed by atoms with Crippen LogP contribution >= 0.6 is 8.53 Å². The zero-order valence-electron chi connectivity index (χ0n) is 9.50. The molecular weight excluding hydrogens is 223 g/mol. The Kier molecular flexibility index (Phi) is 5.71. The minimum absolute atomic E-state index is 1.14. The van der Waals surface area contributed by atoms with Crippen molar-refractivity contribution in [2.45, 2.75) is 19.8 Å². The molecule has 2 rings (SSSR count). The van der Waals surface area contributed by atoms with E-state index >= 15 is 0 Å². The van der Waals surface area contributed by atoms with E-state index in [4.69, 9.17) is 9.79 Å². The van der Waals surface area contributed by atoms with E-state index < -0.39 is 8.53 Å². The van der Waals surface area contributed by atoms with E-state index in [2.05, 4.69) is 41.6 Å². The van der Waals surface area contributed by atoms with E-state index in [1.54, 1.807) is 0 Å². The standard InChI is InChI=1S/C11H15N.H4NO2P/c1-2-12-9-5-7-10-6-3-4-8-11(10)12;1-4(2)3/h3-4,6,8H,2,5,7,9H2,1H3;2-3H,1H2. The van der Waals surface area contributed by atoms with Gasteiger partial charge in [0.15, 0.2) is 0 Å². The molecule has 0 atom stereocenters. The Bertz CT molecular complexity index is 318. The average molecular weight is 242 g/mol. The van der Waals surface area contributed by atoms with Crippen LogP contribution in [0.4, 0.5) is 5.69 Å². The summed E-state index contributed by atoms with van der Waals surface area (Å²) in [5.41, 5.74) is 7.26. The third kappa shape index (κ3) is 4.06. The third-order valence-electron chi connectivity index (χ3n) is 2.59. The summed E-state index contributed by atoms with van der Waals surface area (Å²) in [4.78, 5) is 17.4. The smallest absolute Gasteiger partial charge is 0.247 e. The van der Waals surface area contributed by atoms with Gasteiger partial charge >= 0.3 is 0 Å². The first-order valence-electron chi connectivity index (χ1n) is 5.40. The molecule has 1 heterocycles. The van der Waals surface area contributed by atoms with Gasteiger partial charge in [-0.1, -0.05) is 18.2 Å². The molecule has 0 spiro atoms. The number of anilines is 1. The molecule has 4 nitrogen and oxygen atoms in total. The lowest BCUT2D eigenvalue weighted by atomic mass is 10.0. The Morgan fingerprint density at radius 3 is 2.62 bits per heavy atom. The van der Waals surface area contributed by atoms with Gasteiger partial charge in [-0.05, 0) is 31.4 Å². The summed E-state index contributed by atoms with van der Waals surface area (Å²) in [5, 5.41) is 0. The quantitative estimate of drug-likeness (QED) is 0.654. The summed E-state index contributed by atoms with van der Waals surface area (Å²) >= 11 is 0. The van der Waals surface area contributed by atoms with Gasteiger partial charge < -0.3 is 14.7 Å². The molecule has 1 aromatic rings. The van der Waals surface area contributed by atoms with Crippen molar-refractivity contribution in [3.63, 3.8) is 0 Å². The van der Waals surface area contributed by atoms with Crippen molar-refractivity contribution < 1.29 is 9.79 Å². The molecule has 0 fully saturated rings. The highest BCUT2D eigenvalue weighted by Crippen LogP contribution is 2.25. The molecule has 0 saturated carbocycles. The number of rotatable bonds is 1. The minimum Gasteiger partial charge on any atom is -0.372 e. The molecule has 0 saturated heterocycles. The van der Waals surface area contributed by atoms with Crippen LogP contribution in [0.25, 0.3) is 0 Å². The van der Waals surface area contributed by atoms with Crippen molar-refractivity contribution in [1.29, 1.82) is 0 Å². The zero-order chi connectivity index (χ0) is 12.0. The van der Waals surface area contributed by atoms with Gasteiger partial charge in [-0.3, -0.25) is 5.50 Å². The highest BCUT2D eigenvalue weighted by atomic mass is 31.2. The van der Waals surface area contributed by atoms with Crippen LogP contribution in [-0.4, -0.2) is 22.9 Å². The number of para-hydroxylation sites is 1. The van der Waals surface area contributed by atoms with Gasteiger partial charge in [0.1, 0.15) is 0 Å². The van der Waals surface area contributed by atoms with Crippen LogP contribution in [-0.2, 0) is 6.42 Å². The van der Waals surface area contributed by atoms with Gasteiger partial charge in [0.25, 0.3) is 0 Å². The molecule has 1 aliphatic heterocycles. The SMILES string of the molecule is CCN1CCCc2ccccc21.NP(O)O. The van der Waals surface area contributed by atoms with Gasteiger partial charge in [0, 0.05) is 18.8 Å². The highest BCUT2D eigenvalue weighted by Gasteiger charge is 2.13. The monoisotopic (exact) mass is 242 g/mol. The van der Waals surface area contributed by atoms with E-state index in [1.165, 1.54) is 30.6 Å². The Morgan fingerprint density at radius 2 is 2.00 bits per heavy atom. The highest BCUT2D eigenvalue weighted by molar-refractivity contribution is 7.42. The van der Waals surface area contributed by atoms with Gasteiger partial charge in [0.2, 0.25) is 8.53 Å².